The number of rotatable bonds is 3. The Morgan fingerprint density at radius 1 is 1.38 bits per heavy atom. The van der Waals surface area contributed by atoms with E-state index in [0.717, 1.165) is 25.9 Å². The Hall–Kier alpha value is -1.75. The second-order valence-electron chi connectivity index (χ2n) is 6.05. The number of anilines is 1. The number of piperidine rings is 1. The Labute approximate surface area is 126 Å². The van der Waals surface area contributed by atoms with E-state index in [1.54, 1.807) is 17.0 Å². The molecule has 0 spiro atoms. The lowest BCUT2D eigenvalue weighted by molar-refractivity contribution is 0.0615. The molecule has 1 aliphatic rings. The molecule has 1 aromatic rings. The summed E-state index contributed by atoms with van der Waals surface area (Å²) in [6.45, 7) is 6.44. The molecule has 0 unspecified atom stereocenters. The Kier molecular flexibility index (Phi) is 4.73. The molecule has 3 N–H and O–H groups in total. The fourth-order valence-electron chi connectivity index (χ4n) is 2.84. The first-order chi connectivity index (χ1) is 9.90. The Bertz CT molecular complexity index is 508. The maximum atomic E-state index is 12.5. The molecule has 21 heavy (non-hydrogen) atoms. The number of carbonyl (C=O) groups is 1. The molecule has 1 amide bonds. The number of hydrogen-bond donors (Lipinski definition) is 2. The van der Waals surface area contributed by atoms with Crippen molar-refractivity contribution in [3.05, 3.63) is 23.8 Å². The molecular formula is C16H25N3O2. The average molecular weight is 291 g/mol. The summed E-state index contributed by atoms with van der Waals surface area (Å²) in [5, 5.41) is 9.63. The maximum absolute atomic E-state index is 12.5. The molecule has 0 atom stereocenters. The highest BCUT2D eigenvalue weighted by Gasteiger charge is 2.27. The molecule has 1 saturated heterocycles. The molecule has 5 nitrogen and oxygen atoms in total. The van der Waals surface area contributed by atoms with Gasteiger partial charge in [0.2, 0.25) is 0 Å². The topological polar surface area (TPSA) is 69.8 Å². The zero-order chi connectivity index (χ0) is 15.6. The second kappa shape index (κ2) is 6.35. The van der Waals surface area contributed by atoms with Crippen LogP contribution in [0.5, 0.6) is 5.75 Å². The Morgan fingerprint density at radius 3 is 2.52 bits per heavy atom. The predicted molar refractivity (Wildman–Crippen MR) is 84.3 cm³/mol. The molecule has 0 saturated carbocycles. The molecule has 5 heteroatoms. The SMILES string of the molecule is CC(C)N1CCC(N(C)C(=O)c2ccc(N)c(O)c2)CC1. The van der Waals surface area contributed by atoms with E-state index < -0.39 is 0 Å². The number of benzene rings is 1. The number of phenolic OH excluding ortho intramolecular Hbond substituents is 1. The Balaban J connectivity index is 2.01. The van der Waals surface area contributed by atoms with E-state index in [4.69, 9.17) is 5.73 Å². The number of phenols is 1. The van der Waals surface area contributed by atoms with Gasteiger partial charge in [-0.1, -0.05) is 0 Å². The first-order valence-corrected chi connectivity index (χ1v) is 7.50. The summed E-state index contributed by atoms with van der Waals surface area (Å²) in [4.78, 5) is 16.7. The van der Waals surface area contributed by atoms with Gasteiger partial charge in [0, 0.05) is 37.8 Å². The van der Waals surface area contributed by atoms with Crippen LogP contribution in [0.3, 0.4) is 0 Å². The van der Waals surface area contributed by atoms with Crippen molar-refractivity contribution in [1.82, 2.24) is 9.80 Å². The van der Waals surface area contributed by atoms with Crippen molar-refractivity contribution in [2.45, 2.75) is 38.8 Å². The van der Waals surface area contributed by atoms with E-state index in [1.807, 2.05) is 7.05 Å². The van der Waals surface area contributed by atoms with Crippen molar-refractivity contribution in [3.63, 3.8) is 0 Å². The van der Waals surface area contributed by atoms with Crippen molar-refractivity contribution >= 4 is 11.6 Å². The van der Waals surface area contributed by atoms with Gasteiger partial charge in [-0.3, -0.25) is 4.79 Å². The van der Waals surface area contributed by atoms with Gasteiger partial charge in [-0.05, 0) is 44.9 Å². The predicted octanol–water partition coefficient (Wildman–Crippen LogP) is 1.92. The van der Waals surface area contributed by atoms with E-state index in [9.17, 15) is 9.90 Å². The number of likely N-dealkylation sites (tertiary alicyclic amines) is 1. The fourth-order valence-corrected chi connectivity index (χ4v) is 2.84. The minimum absolute atomic E-state index is 0.0381. The standard InChI is InChI=1S/C16H25N3O2/c1-11(2)19-8-6-13(7-9-19)18(3)16(21)12-4-5-14(17)15(20)10-12/h4-5,10-11,13,20H,6-9,17H2,1-3H3. The molecule has 0 bridgehead atoms. The van der Waals surface area contributed by atoms with E-state index in [0.29, 0.717) is 17.3 Å². The number of nitrogens with two attached hydrogens (primary N) is 1. The lowest BCUT2D eigenvalue weighted by Gasteiger charge is -2.38. The summed E-state index contributed by atoms with van der Waals surface area (Å²) in [5.74, 6) is -0.0998. The third kappa shape index (κ3) is 3.47. The highest BCUT2D eigenvalue weighted by Crippen LogP contribution is 2.23. The van der Waals surface area contributed by atoms with Gasteiger partial charge in [-0.2, -0.15) is 0 Å². The van der Waals surface area contributed by atoms with Crippen LogP contribution < -0.4 is 5.73 Å². The van der Waals surface area contributed by atoms with Crippen LogP contribution in [0.1, 0.15) is 37.0 Å². The normalized spacial score (nSPS) is 17.1. The van der Waals surface area contributed by atoms with Gasteiger partial charge in [0.15, 0.2) is 0 Å². The molecule has 2 rings (SSSR count). The quantitative estimate of drug-likeness (QED) is 0.659. The molecule has 0 aromatic heterocycles. The summed E-state index contributed by atoms with van der Waals surface area (Å²) in [6, 6.07) is 5.49. The van der Waals surface area contributed by atoms with E-state index in [-0.39, 0.29) is 17.7 Å². The monoisotopic (exact) mass is 291 g/mol. The van der Waals surface area contributed by atoms with Crippen LogP contribution in [-0.2, 0) is 0 Å². The van der Waals surface area contributed by atoms with Crippen molar-refractivity contribution in [2.24, 2.45) is 0 Å². The molecule has 0 radical (unpaired) electrons. The van der Waals surface area contributed by atoms with E-state index in [2.05, 4.69) is 18.7 Å². The lowest BCUT2D eigenvalue weighted by Crippen LogP contribution is -2.47. The van der Waals surface area contributed by atoms with Crippen LogP contribution >= 0.6 is 0 Å². The zero-order valence-corrected chi connectivity index (χ0v) is 13.0. The van der Waals surface area contributed by atoms with Crippen molar-refractivity contribution in [3.8, 4) is 5.75 Å². The maximum Gasteiger partial charge on any atom is 0.253 e. The molecule has 1 fully saturated rings. The molecule has 1 aromatic carbocycles. The fraction of sp³-hybridized carbons (Fsp3) is 0.562. The zero-order valence-electron chi connectivity index (χ0n) is 13.0. The van der Waals surface area contributed by atoms with Crippen molar-refractivity contribution in [2.75, 3.05) is 25.9 Å². The van der Waals surface area contributed by atoms with Gasteiger partial charge in [0.25, 0.3) is 5.91 Å². The van der Waals surface area contributed by atoms with Gasteiger partial charge in [-0.25, -0.2) is 0 Å². The number of nitrogen functional groups attached to an aromatic ring is 1. The summed E-state index contributed by atoms with van der Waals surface area (Å²) >= 11 is 0. The van der Waals surface area contributed by atoms with Crippen molar-refractivity contribution < 1.29 is 9.90 Å². The third-order valence-electron chi connectivity index (χ3n) is 4.37. The molecule has 0 aliphatic carbocycles. The number of aromatic hydroxyl groups is 1. The minimum Gasteiger partial charge on any atom is -0.506 e. The van der Waals surface area contributed by atoms with E-state index >= 15 is 0 Å². The first-order valence-electron chi connectivity index (χ1n) is 7.50. The summed E-state index contributed by atoms with van der Waals surface area (Å²) < 4.78 is 0. The second-order valence-corrected chi connectivity index (χ2v) is 6.05. The molecule has 116 valence electrons. The van der Waals surface area contributed by atoms with Crippen LogP contribution in [0.2, 0.25) is 0 Å². The first kappa shape index (κ1) is 15.6. The molecule has 1 aliphatic heterocycles. The van der Waals surface area contributed by atoms with Crippen LogP contribution in [0, 0.1) is 0 Å². The number of amides is 1. The van der Waals surface area contributed by atoms with E-state index in [1.165, 1.54) is 6.07 Å². The number of carbonyl (C=O) groups excluding carboxylic acids is 1. The highest BCUT2D eigenvalue weighted by molar-refractivity contribution is 5.95. The average Bonchev–Trinajstić information content (AvgIpc) is 2.48. The third-order valence-corrected chi connectivity index (χ3v) is 4.37. The summed E-state index contributed by atoms with van der Waals surface area (Å²) in [7, 11) is 1.84. The van der Waals surface area contributed by atoms with Crippen LogP contribution in [0.15, 0.2) is 18.2 Å². The minimum atomic E-state index is -0.0618. The molecular weight excluding hydrogens is 266 g/mol. The smallest absolute Gasteiger partial charge is 0.253 e. The van der Waals surface area contributed by atoms with Crippen LogP contribution in [0.25, 0.3) is 0 Å². The number of nitrogens with zero attached hydrogens (tertiary/aromatic N) is 2. The highest BCUT2D eigenvalue weighted by atomic mass is 16.3. The molecule has 1 heterocycles. The number of hydrogen-bond acceptors (Lipinski definition) is 4. The van der Waals surface area contributed by atoms with Crippen LogP contribution in [0.4, 0.5) is 5.69 Å². The summed E-state index contributed by atoms with van der Waals surface area (Å²) in [5.41, 5.74) is 6.34. The van der Waals surface area contributed by atoms with Gasteiger partial charge in [-0.15, -0.1) is 0 Å². The van der Waals surface area contributed by atoms with Crippen LogP contribution in [-0.4, -0.2) is 53.0 Å². The van der Waals surface area contributed by atoms with Gasteiger partial charge in [0.1, 0.15) is 5.75 Å². The lowest BCUT2D eigenvalue weighted by atomic mass is 10.0. The van der Waals surface area contributed by atoms with Gasteiger partial charge >= 0.3 is 0 Å². The van der Waals surface area contributed by atoms with Gasteiger partial charge < -0.3 is 20.6 Å². The summed E-state index contributed by atoms with van der Waals surface area (Å²) in [6.07, 6.45) is 1.97. The Morgan fingerprint density at radius 2 is 2.00 bits per heavy atom. The van der Waals surface area contributed by atoms with Crippen molar-refractivity contribution in [1.29, 1.82) is 0 Å². The largest absolute Gasteiger partial charge is 0.506 e. The van der Waals surface area contributed by atoms with Gasteiger partial charge in [0.05, 0.1) is 5.69 Å².